The molecule has 0 unspecified atom stereocenters. The number of rotatable bonds is 9. The van der Waals surface area contributed by atoms with Gasteiger partial charge in [-0.1, -0.05) is 36.4 Å². The fourth-order valence-electron chi connectivity index (χ4n) is 3.07. The van der Waals surface area contributed by atoms with Crippen molar-refractivity contribution in [2.75, 3.05) is 52.9 Å². The number of piperazine rings is 1. The molecule has 0 aliphatic carbocycles. The zero-order valence-corrected chi connectivity index (χ0v) is 18.3. The lowest BCUT2D eigenvalue weighted by Gasteiger charge is -2.34. The van der Waals surface area contributed by atoms with Gasteiger partial charge in [0.15, 0.2) is 5.96 Å². The summed E-state index contributed by atoms with van der Waals surface area (Å²) in [7, 11) is 1.80. The van der Waals surface area contributed by atoms with Gasteiger partial charge in [-0.15, -0.1) is 30.6 Å². The Balaban J connectivity index is 0.00000338. The lowest BCUT2D eigenvalue weighted by molar-refractivity contribution is 0.126. The van der Waals surface area contributed by atoms with E-state index in [4.69, 9.17) is 0 Å². The zero-order valence-electron chi connectivity index (χ0n) is 16.0. The second-order valence-electron chi connectivity index (χ2n) is 6.48. The third-order valence-corrected chi connectivity index (χ3v) is 4.54. The number of nitrogens with zero attached hydrogens (tertiary/aromatic N) is 3. The Morgan fingerprint density at radius 2 is 1.77 bits per heavy atom. The minimum Gasteiger partial charge on any atom is -0.356 e. The molecule has 5 nitrogen and oxygen atoms in total. The van der Waals surface area contributed by atoms with Gasteiger partial charge in [0.05, 0.1) is 0 Å². The van der Waals surface area contributed by atoms with Crippen molar-refractivity contribution in [3.8, 4) is 0 Å². The Labute approximate surface area is 176 Å². The highest BCUT2D eigenvalue weighted by Crippen LogP contribution is 2.08. The Hall–Kier alpha value is -1.12. The Bertz CT molecular complexity index is 512. The molecule has 146 valence electrons. The van der Waals surface area contributed by atoms with Crippen LogP contribution in [0.2, 0.25) is 0 Å². The molecule has 0 saturated carbocycles. The van der Waals surface area contributed by atoms with E-state index >= 15 is 0 Å². The fraction of sp³-hybridized carbons (Fsp3) is 0.550. The fourth-order valence-corrected chi connectivity index (χ4v) is 3.07. The van der Waals surface area contributed by atoms with E-state index in [1.165, 1.54) is 51.1 Å². The highest BCUT2D eigenvalue weighted by atomic mass is 127. The third kappa shape index (κ3) is 9.00. The van der Waals surface area contributed by atoms with E-state index in [9.17, 15) is 0 Å². The summed E-state index contributed by atoms with van der Waals surface area (Å²) < 4.78 is 0. The first-order valence-corrected chi connectivity index (χ1v) is 9.36. The molecule has 2 N–H and O–H groups in total. The molecule has 1 aliphatic heterocycles. The number of benzene rings is 1. The number of halogens is 1. The standard InChI is InChI=1S/C20H33N5.HI/c1-3-11-22-20(21-2)23-12-7-8-13-24-14-16-25(17-15-24)18-19-9-5-4-6-10-19;/h3-6,9-10H,1,7-8,11-18H2,2H3,(H2,21,22,23);1H. The van der Waals surface area contributed by atoms with Crippen molar-refractivity contribution >= 4 is 29.9 Å². The molecule has 2 rings (SSSR count). The first-order valence-electron chi connectivity index (χ1n) is 9.36. The van der Waals surface area contributed by atoms with Crippen LogP contribution in [0.4, 0.5) is 0 Å². The summed E-state index contributed by atoms with van der Waals surface area (Å²) in [5, 5.41) is 6.53. The van der Waals surface area contributed by atoms with Crippen LogP contribution >= 0.6 is 24.0 Å². The first kappa shape index (κ1) is 22.9. The second kappa shape index (κ2) is 14.0. The lowest BCUT2D eigenvalue weighted by atomic mass is 10.2. The van der Waals surface area contributed by atoms with Crippen molar-refractivity contribution in [2.45, 2.75) is 19.4 Å². The molecule has 1 fully saturated rings. The molecule has 0 aromatic heterocycles. The maximum atomic E-state index is 4.19. The summed E-state index contributed by atoms with van der Waals surface area (Å²) in [5.41, 5.74) is 1.42. The molecular formula is C20H34IN5. The van der Waals surface area contributed by atoms with Crippen molar-refractivity contribution in [3.63, 3.8) is 0 Å². The predicted molar refractivity (Wildman–Crippen MR) is 122 cm³/mol. The first-order chi connectivity index (χ1) is 12.3. The predicted octanol–water partition coefficient (Wildman–Crippen LogP) is 2.55. The van der Waals surface area contributed by atoms with Crippen LogP contribution in [0.1, 0.15) is 18.4 Å². The van der Waals surface area contributed by atoms with E-state index in [0.717, 1.165) is 25.6 Å². The molecular weight excluding hydrogens is 437 g/mol. The molecule has 1 aliphatic rings. The molecule has 0 atom stereocenters. The van der Waals surface area contributed by atoms with Crippen molar-refractivity contribution in [3.05, 3.63) is 48.6 Å². The molecule has 26 heavy (non-hydrogen) atoms. The maximum Gasteiger partial charge on any atom is 0.191 e. The molecule has 0 spiro atoms. The van der Waals surface area contributed by atoms with Gasteiger partial charge in [-0.2, -0.15) is 0 Å². The SMILES string of the molecule is C=CCNC(=NC)NCCCCN1CCN(Cc2ccccc2)CC1.I. The summed E-state index contributed by atoms with van der Waals surface area (Å²) in [6, 6.07) is 10.8. The number of aliphatic imine (C=N–C) groups is 1. The molecule has 1 aromatic carbocycles. The van der Waals surface area contributed by atoms with Crippen LogP contribution in [-0.2, 0) is 6.54 Å². The van der Waals surface area contributed by atoms with Gasteiger partial charge in [-0.05, 0) is 24.9 Å². The molecule has 0 amide bonds. The van der Waals surface area contributed by atoms with Crippen LogP contribution < -0.4 is 10.6 Å². The number of nitrogens with one attached hydrogen (secondary N) is 2. The average Bonchev–Trinajstić information content (AvgIpc) is 2.66. The molecule has 1 saturated heterocycles. The van der Waals surface area contributed by atoms with Crippen molar-refractivity contribution in [1.82, 2.24) is 20.4 Å². The van der Waals surface area contributed by atoms with Gasteiger partial charge in [0.2, 0.25) is 0 Å². The maximum absolute atomic E-state index is 4.19. The zero-order chi connectivity index (χ0) is 17.7. The third-order valence-electron chi connectivity index (χ3n) is 4.54. The van der Waals surface area contributed by atoms with Gasteiger partial charge >= 0.3 is 0 Å². The number of unbranched alkanes of at least 4 members (excludes halogenated alkanes) is 1. The number of hydrogen-bond acceptors (Lipinski definition) is 3. The van der Waals surface area contributed by atoms with Crippen LogP contribution in [0.3, 0.4) is 0 Å². The van der Waals surface area contributed by atoms with Crippen molar-refractivity contribution in [2.24, 2.45) is 4.99 Å². The summed E-state index contributed by atoms with van der Waals surface area (Å²) >= 11 is 0. The van der Waals surface area contributed by atoms with Crippen LogP contribution in [0.15, 0.2) is 48.0 Å². The van der Waals surface area contributed by atoms with E-state index in [2.05, 4.69) is 62.3 Å². The summed E-state index contributed by atoms with van der Waals surface area (Å²) in [6.07, 6.45) is 4.23. The van der Waals surface area contributed by atoms with Gasteiger partial charge in [-0.3, -0.25) is 9.89 Å². The molecule has 0 radical (unpaired) electrons. The van der Waals surface area contributed by atoms with Crippen LogP contribution in [0, 0.1) is 0 Å². The van der Waals surface area contributed by atoms with E-state index in [1.54, 1.807) is 7.05 Å². The lowest BCUT2D eigenvalue weighted by Crippen LogP contribution is -2.46. The van der Waals surface area contributed by atoms with E-state index in [-0.39, 0.29) is 24.0 Å². The highest BCUT2D eigenvalue weighted by Gasteiger charge is 2.16. The highest BCUT2D eigenvalue weighted by molar-refractivity contribution is 14.0. The normalized spacial score (nSPS) is 16.0. The van der Waals surface area contributed by atoms with E-state index < -0.39 is 0 Å². The van der Waals surface area contributed by atoms with Gasteiger partial charge in [0, 0.05) is 52.9 Å². The Morgan fingerprint density at radius 1 is 1.08 bits per heavy atom. The van der Waals surface area contributed by atoms with Crippen LogP contribution in [0.5, 0.6) is 0 Å². The molecule has 1 aromatic rings. The number of guanidine groups is 1. The van der Waals surface area contributed by atoms with Gasteiger partial charge in [0.25, 0.3) is 0 Å². The quantitative estimate of drug-likeness (QED) is 0.191. The van der Waals surface area contributed by atoms with Crippen LogP contribution in [0.25, 0.3) is 0 Å². The largest absolute Gasteiger partial charge is 0.356 e. The summed E-state index contributed by atoms with van der Waals surface area (Å²) in [4.78, 5) is 9.33. The van der Waals surface area contributed by atoms with E-state index in [1.807, 2.05) is 6.08 Å². The summed E-state index contributed by atoms with van der Waals surface area (Å²) in [5.74, 6) is 0.856. The van der Waals surface area contributed by atoms with Crippen LogP contribution in [-0.4, -0.2) is 68.6 Å². The Kier molecular flexibility index (Phi) is 12.3. The number of hydrogen-bond donors (Lipinski definition) is 2. The molecule has 1 heterocycles. The minimum absolute atomic E-state index is 0. The average molecular weight is 471 g/mol. The van der Waals surface area contributed by atoms with Crippen molar-refractivity contribution < 1.29 is 0 Å². The van der Waals surface area contributed by atoms with Gasteiger partial charge in [0.1, 0.15) is 0 Å². The smallest absolute Gasteiger partial charge is 0.191 e. The summed E-state index contributed by atoms with van der Waals surface area (Å²) in [6.45, 7) is 12.4. The topological polar surface area (TPSA) is 42.9 Å². The Morgan fingerprint density at radius 3 is 2.42 bits per heavy atom. The van der Waals surface area contributed by atoms with Crippen molar-refractivity contribution in [1.29, 1.82) is 0 Å². The van der Waals surface area contributed by atoms with Gasteiger partial charge in [-0.25, -0.2) is 0 Å². The van der Waals surface area contributed by atoms with E-state index in [0.29, 0.717) is 0 Å². The monoisotopic (exact) mass is 471 g/mol. The molecule has 6 heteroatoms. The second-order valence-corrected chi connectivity index (χ2v) is 6.48. The molecule has 0 bridgehead atoms. The van der Waals surface area contributed by atoms with Gasteiger partial charge < -0.3 is 15.5 Å². The minimum atomic E-state index is 0.